The van der Waals surface area contributed by atoms with Gasteiger partial charge in [-0.15, -0.1) is 0 Å². The first-order valence-corrected chi connectivity index (χ1v) is 11.2. The van der Waals surface area contributed by atoms with E-state index in [9.17, 15) is 14.7 Å². The third-order valence-corrected chi connectivity index (χ3v) is 5.89. The smallest absolute Gasteiger partial charge is 0.407 e. The number of unbranched alkanes of at least 4 members (excludes halogenated alkanes) is 1. The topological polar surface area (TPSA) is 101 Å². The van der Waals surface area contributed by atoms with Crippen molar-refractivity contribution in [2.75, 3.05) is 6.61 Å². The Morgan fingerprint density at radius 3 is 2.21 bits per heavy atom. The first-order valence-electron chi connectivity index (χ1n) is 11.2. The van der Waals surface area contributed by atoms with E-state index in [0.717, 1.165) is 47.3 Å². The lowest BCUT2D eigenvalue weighted by atomic mass is 9.98. The van der Waals surface area contributed by atoms with E-state index in [0.29, 0.717) is 5.56 Å². The van der Waals surface area contributed by atoms with Gasteiger partial charge in [0.1, 0.15) is 18.5 Å². The molecule has 0 spiro atoms. The standard InChI is InChI=1S/C26H27N3O4/c1-2-3-12-24-27-14-17(15-28-24)13-23(25(30)31)29-26(32)33-16-22-20-10-6-4-8-18(20)19-9-5-7-11-21(19)22/h4-11,14-15,22-23H,2-3,12-13,16H2,1H3,(H,29,32)(H,30,31). The second-order valence-corrected chi connectivity index (χ2v) is 8.18. The third kappa shape index (κ3) is 5.19. The molecule has 1 heterocycles. The summed E-state index contributed by atoms with van der Waals surface area (Å²) in [6.07, 6.45) is 5.40. The molecular formula is C26H27N3O4. The molecule has 170 valence electrons. The summed E-state index contributed by atoms with van der Waals surface area (Å²) in [4.78, 5) is 32.8. The van der Waals surface area contributed by atoms with Gasteiger partial charge < -0.3 is 15.2 Å². The fraction of sp³-hybridized carbons (Fsp3) is 0.308. The number of hydrogen-bond acceptors (Lipinski definition) is 5. The van der Waals surface area contributed by atoms with Gasteiger partial charge in [0.05, 0.1) is 0 Å². The minimum atomic E-state index is -1.14. The molecule has 0 fully saturated rings. The molecular weight excluding hydrogens is 418 g/mol. The number of carboxylic acid groups (broad SMARTS) is 1. The van der Waals surface area contributed by atoms with Gasteiger partial charge >= 0.3 is 12.1 Å². The lowest BCUT2D eigenvalue weighted by molar-refractivity contribution is -0.139. The van der Waals surface area contributed by atoms with Gasteiger partial charge in [-0.05, 0) is 34.2 Å². The van der Waals surface area contributed by atoms with Crippen LogP contribution in [0.2, 0.25) is 0 Å². The van der Waals surface area contributed by atoms with Crippen molar-refractivity contribution < 1.29 is 19.4 Å². The van der Waals surface area contributed by atoms with Gasteiger partial charge in [0.25, 0.3) is 0 Å². The van der Waals surface area contributed by atoms with E-state index in [1.54, 1.807) is 12.4 Å². The van der Waals surface area contributed by atoms with Crippen LogP contribution in [0.3, 0.4) is 0 Å². The van der Waals surface area contributed by atoms with E-state index in [1.165, 1.54) is 0 Å². The minimum Gasteiger partial charge on any atom is -0.480 e. The van der Waals surface area contributed by atoms with E-state index < -0.39 is 18.1 Å². The highest BCUT2D eigenvalue weighted by Crippen LogP contribution is 2.44. The molecule has 1 unspecified atom stereocenters. The minimum absolute atomic E-state index is 0.0770. The zero-order chi connectivity index (χ0) is 23.2. The molecule has 0 aliphatic heterocycles. The summed E-state index contributed by atoms with van der Waals surface area (Å²) < 4.78 is 5.48. The van der Waals surface area contributed by atoms with E-state index >= 15 is 0 Å². The number of carboxylic acids is 1. The summed E-state index contributed by atoms with van der Waals surface area (Å²) in [6.45, 7) is 2.22. The zero-order valence-corrected chi connectivity index (χ0v) is 18.5. The number of nitrogens with zero attached hydrogens (tertiary/aromatic N) is 2. The van der Waals surface area contributed by atoms with Crippen molar-refractivity contribution in [2.45, 2.75) is 44.6 Å². The first kappa shape index (κ1) is 22.5. The Hall–Kier alpha value is -3.74. The maximum absolute atomic E-state index is 12.5. The summed E-state index contributed by atoms with van der Waals surface area (Å²) in [6, 6.07) is 15.0. The van der Waals surface area contributed by atoms with Crippen LogP contribution < -0.4 is 5.32 Å². The first-order chi connectivity index (χ1) is 16.1. The van der Waals surface area contributed by atoms with Gasteiger partial charge in [-0.25, -0.2) is 19.6 Å². The van der Waals surface area contributed by atoms with E-state index in [-0.39, 0.29) is 18.9 Å². The summed E-state index contributed by atoms with van der Waals surface area (Å²) in [5.41, 5.74) is 5.10. The fourth-order valence-electron chi connectivity index (χ4n) is 4.17. The lowest BCUT2D eigenvalue weighted by Crippen LogP contribution is -2.43. The van der Waals surface area contributed by atoms with Crippen LogP contribution in [0.1, 0.15) is 48.2 Å². The van der Waals surface area contributed by atoms with Crippen LogP contribution in [0.25, 0.3) is 11.1 Å². The average molecular weight is 446 g/mol. The Bertz CT molecular complexity index is 1080. The highest BCUT2D eigenvalue weighted by atomic mass is 16.5. The number of rotatable bonds is 9. The number of hydrogen-bond donors (Lipinski definition) is 2. The van der Waals surface area contributed by atoms with Crippen molar-refractivity contribution in [1.29, 1.82) is 0 Å². The highest BCUT2D eigenvalue weighted by Gasteiger charge is 2.29. The molecule has 1 aliphatic rings. The van der Waals surface area contributed by atoms with Gasteiger partial charge in [0, 0.05) is 31.2 Å². The van der Waals surface area contributed by atoms with Crippen molar-refractivity contribution in [1.82, 2.24) is 15.3 Å². The van der Waals surface area contributed by atoms with Gasteiger partial charge in [0.15, 0.2) is 0 Å². The van der Waals surface area contributed by atoms with Gasteiger partial charge in [0.2, 0.25) is 0 Å². The second kappa shape index (κ2) is 10.3. The summed E-state index contributed by atoms with van der Waals surface area (Å²) in [5, 5.41) is 12.1. The average Bonchev–Trinajstić information content (AvgIpc) is 3.15. The number of alkyl carbamates (subject to hydrolysis) is 1. The van der Waals surface area contributed by atoms with Crippen LogP contribution in [0.4, 0.5) is 4.79 Å². The maximum atomic E-state index is 12.5. The van der Waals surface area contributed by atoms with E-state index in [2.05, 4.69) is 34.3 Å². The normalized spacial score (nSPS) is 13.1. The van der Waals surface area contributed by atoms with Crippen LogP contribution in [0.15, 0.2) is 60.9 Å². The number of carbonyl (C=O) groups is 2. The number of carbonyl (C=O) groups excluding carboxylic acids is 1. The van der Waals surface area contributed by atoms with Crippen molar-refractivity contribution >= 4 is 12.1 Å². The highest BCUT2D eigenvalue weighted by molar-refractivity contribution is 5.81. The molecule has 1 aliphatic carbocycles. The molecule has 7 nitrogen and oxygen atoms in total. The maximum Gasteiger partial charge on any atom is 0.407 e. The van der Waals surface area contributed by atoms with Crippen LogP contribution in [-0.4, -0.2) is 39.8 Å². The van der Waals surface area contributed by atoms with E-state index in [1.807, 2.05) is 36.4 Å². The van der Waals surface area contributed by atoms with Gasteiger partial charge in [-0.3, -0.25) is 0 Å². The Morgan fingerprint density at radius 1 is 1.03 bits per heavy atom. The molecule has 1 amide bonds. The monoisotopic (exact) mass is 445 g/mol. The molecule has 2 aromatic carbocycles. The Kier molecular flexibility index (Phi) is 6.98. The fourth-order valence-corrected chi connectivity index (χ4v) is 4.17. The van der Waals surface area contributed by atoms with Crippen molar-refractivity contribution in [3.05, 3.63) is 83.4 Å². The van der Waals surface area contributed by atoms with Crippen LogP contribution in [0, 0.1) is 0 Å². The molecule has 7 heteroatoms. The number of aryl methyl sites for hydroxylation is 1. The van der Waals surface area contributed by atoms with E-state index in [4.69, 9.17) is 4.74 Å². The molecule has 1 aromatic heterocycles. The number of nitrogens with one attached hydrogen (secondary N) is 1. The van der Waals surface area contributed by atoms with Crippen LogP contribution in [0.5, 0.6) is 0 Å². The van der Waals surface area contributed by atoms with Gasteiger partial charge in [-0.2, -0.15) is 0 Å². The third-order valence-electron chi connectivity index (χ3n) is 5.89. The summed E-state index contributed by atoms with van der Waals surface area (Å²) >= 11 is 0. The molecule has 3 aromatic rings. The molecule has 0 radical (unpaired) electrons. The number of amides is 1. The predicted molar refractivity (Wildman–Crippen MR) is 124 cm³/mol. The molecule has 0 bridgehead atoms. The molecule has 1 atom stereocenters. The number of ether oxygens (including phenoxy) is 1. The summed E-state index contributed by atoms with van der Waals surface area (Å²) in [7, 11) is 0. The molecule has 33 heavy (non-hydrogen) atoms. The van der Waals surface area contributed by atoms with Crippen molar-refractivity contribution in [2.24, 2.45) is 0 Å². The predicted octanol–water partition coefficient (Wildman–Crippen LogP) is 4.35. The van der Waals surface area contributed by atoms with Crippen LogP contribution in [-0.2, 0) is 22.4 Å². The van der Waals surface area contributed by atoms with Crippen molar-refractivity contribution in [3.8, 4) is 11.1 Å². The van der Waals surface area contributed by atoms with Gasteiger partial charge in [-0.1, -0.05) is 61.9 Å². The Labute approximate surface area is 192 Å². The SMILES string of the molecule is CCCCc1ncc(CC(NC(=O)OCC2c3ccccc3-c3ccccc32)C(=O)O)cn1. The molecule has 0 saturated heterocycles. The zero-order valence-electron chi connectivity index (χ0n) is 18.5. The van der Waals surface area contributed by atoms with Crippen LogP contribution >= 0.6 is 0 Å². The second-order valence-electron chi connectivity index (χ2n) is 8.18. The molecule has 2 N–H and O–H groups in total. The number of aromatic nitrogens is 2. The number of fused-ring (bicyclic) bond motifs is 3. The summed E-state index contributed by atoms with van der Waals surface area (Å²) in [5.74, 6) is -0.494. The quantitative estimate of drug-likeness (QED) is 0.508. The lowest BCUT2D eigenvalue weighted by Gasteiger charge is -2.17. The Balaban J connectivity index is 1.38. The largest absolute Gasteiger partial charge is 0.480 e. The van der Waals surface area contributed by atoms with Crippen molar-refractivity contribution in [3.63, 3.8) is 0 Å². The molecule has 4 rings (SSSR count). The molecule has 0 saturated carbocycles. The Morgan fingerprint density at radius 2 is 1.64 bits per heavy atom. The number of aliphatic carboxylic acids is 1. The number of benzene rings is 2.